The van der Waals surface area contributed by atoms with E-state index in [0.29, 0.717) is 19.0 Å². The van der Waals surface area contributed by atoms with Crippen molar-refractivity contribution >= 4 is 11.9 Å². The van der Waals surface area contributed by atoms with Crippen LogP contribution < -0.4 is 5.32 Å². The number of hydrogen-bond donors (Lipinski definition) is 1. The van der Waals surface area contributed by atoms with Crippen LogP contribution in [0.15, 0.2) is 11.3 Å². The lowest BCUT2D eigenvalue weighted by molar-refractivity contribution is -0.323. The van der Waals surface area contributed by atoms with Crippen LogP contribution in [0, 0.1) is 0 Å². The fraction of sp³-hybridized carbons (Fsp3) is 0.667. The first kappa shape index (κ1) is 13.8. The Labute approximate surface area is 110 Å². The second kappa shape index (κ2) is 5.18. The molecule has 19 heavy (non-hydrogen) atoms. The average molecular weight is 271 g/mol. The number of esters is 1. The van der Waals surface area contributed by atoms with Crippen molar-refractivity contribution in [3.05, 3.63) is 11.3 Å². The Morgan fingerprint density at radius 1 is 1.37 bits per heavy atom. The van der Waals surface area contributed by atoms with E-state index in [1.165, 1.54) is 14.0 Å². The average Bonchev–Trinajstić information content (AvgIpc) is 2.75. The molecule has 0 bridgehead atoms. The molecule has 0 saturated carbocycles. The zero-order chi connectivity index (χ0) is 14.0. The summed E-state index contributed by atoms with van der Waals surface area (Å²) in [4.78, 5) is 23.0. The van der Waals surface area contributed by atoms with Crippen LogP contribution in [-0.4, -0.2) is 44.2 Å². The highest BCUT2D eigenvalue weighted by molar-refractivity contribution is 5.91. The number of nitrogens with one attached hydrogen (secondary N) is 1. The quantitative estimate of drug-likeness (QED) is 0.715. The van der Waals surface area contributed by atoms with Gasteiger partial charge in [-0.05, 0) is 6.92 Å². The molecule has 1 fully saturated rings. The van der Waals surface area contributed by atoms with Crippen molar-refractivity contribution in [2.24, 2.45) is 0 Å². The number of hydrogen-bond acceptors (Lipinski definition) is 6. The van der Waals surface area contributed by atoms with E-state index in [1.54, 1.807) is 6.92 Å². The van der Waals surface area contributed by atoms with Gasteiger partial charge >= 0.3 is 11.9 Å². The Hall–Kier alpha value is -1.60. The van der Waals surface area contributed by atoms with E-state index in [0.717, 1.165) is 0 Å². The molecule has 1 saturated heterocycles. The van der Waals surface area contributed by atoms with E-state index in [-0.39, 0.29) is 17.9 Å². The smallest absolute Gasteiger partial charge is 0.339 e. The summed E-state index contributed by atoms with van der Waals surface area (Å²) in [5, 5.41) is 2.69. The van der Waals surface area contributed by atoms with Gasteiger partial charge < -0.3 is 24.3 Å². The minimum Gasteiger partial charge on any atom is -0.466 e. The fourth-order valence-electron chi connectivity index (χ4n) is 2.30. The Balaban J connectivity index is 2.31. The molecular formula is C12H17NO6. The van der Waals surface area contributed by atoms with Crippen molar-refractivity contribution < 1.29 is 28.5 Å². The highest BCUT2D eigenvalue weighted by atomic mass is 16.9. The molecule has 1 unspecified atom stereocenters. The maximum Gasteiger partial charge on any atom is 0.339 e. The molecule has 1 atom stereocenters. The molecule has 1 N–H and O–H groups in total. The predicted octanol–water partition coefficient (Wildman–Crippen LogP) is 0.0590. The highest BCUT2D eigenvalue weighted by Crippen LogP contribution is 2.36. The fourth-order valence-corrected chi connectivity index (χ4v) is 2.30. The number of allylic oxidation sites excluding steroid dienone is 1. The molecule has 106 valence electrons. The third-order valence-corrected chi connectivity index (χ3v) is 3.00. The number of carbonyl (C=O) groups is 2. The molecule has 0 aromatic carbocycles. The van der Waals surface area contributed by atoms with E-state index in [2.05, 4.69) is 5.32 Å². The van der Waals surface area contributed by atoms with E-state index < -0.39 is 18.0 Å². The SMILES string of the molecule is COC(=O)C1=C(C)OC2(CC1NC(C)=O)OCCO2. The monoisotopic (exact) mass is 271 g/mol. The minimum atomic E-state index is -1.21. The molecule has 1 amide bonds. The maximum absolute atomic E-state index is 11.8. The lowest BCUT2D eigenvalue weighted by atomic mass is 9.98. The Bertz CT molecular complexity index is 424. The largest absolute Gasteiger partial charge is 0.466 e. The van der Waals surface area contributed by atoms with Gasteiger partial charge in [-0.25, -0.2) is 4.79 Å². The minimum absolute atomic E-state index is 0.203. The molecule has 0 aromatic rings. The summed E-state index contributed by atoms with van der Waals surface area (Å²) in [6, 6.07) is -0.559. The predicted molar refractivity (Wildman–Crippen MR) is 62.7 cm³/mol. The summed E-state index contributed by atoms with van der Waals surface area (Å²) < 4.78 is 21.2. The summed E-state index contributed by atoms with van der Waals surface area (Å²) in [7, 11) is 1.28. The van der Waals surface area contributed by atoms with E-state index in [9.17, 15) is 9.59 Å². The first-order valence-corrected chi connectivity index (χ1v) is 6.00. The molecule has 2 heterocycles. The third-order valence-electron chi connectivity index (χ3n) is 3.00. The summed E-state index contributed by atoms with van der Waals surface area (Å²) in [6.07, 6.45) is 0.203. The number of rotatable bonds is 2. The van der Waals surface area contributed by atoms with Gasteiger partial charge in [0.15, 0.2) is 0 Å². The second-order valence-electron chi connectivity index (χ2n) is 4.40. The van der Waals surface area contributed by atoms with Crippen LogP contribution in [-0.2, 0) is 28.5 Å². The number of carbonyl (C=O) groups excluding carboxylic acids is 2. The van der Waals surface area contributed by atoms with Crippen molar-refractivity contribution in [2.75, 3.05) is 20.3 Å². The maximum atomic E-state index is 11.8. The molecule has 0 aliphatic carbocycles. The van der Waals surface area contributed by atoms with Crippen molar-refractivity contribution in [1.82, 2.24) is 5.32 Å². The highest BCUT2D eigenvalue weighted by Gasteiger charge is 2.48. The van der Waals surface area contributed by atoms with Crippen LogP contribution in [0.3, 0.4) is 0 Å². The van der Waals surface area contributed by atoms with Gasteiger partial charge in [-0.3, -0.25) is 4.79 Å². The molecule has 2 aliphatic rings. The zero-order valence-corrected chi connectivity index (χ0v) is 11.1. The van der Waals surface area contributed by atoms with Crippen LogP contribution in [0.1, 0.15) is 20.3 Å². The van der Waals surface area contributed by atoms with Gasteiger partial charge in [0.1, 0.15) is 5.76 Å². The topological polar surface area (TPSA) is 83.1 Å². The zero-order valence-electron chi connectivity index (χ0n) is 11.1. The number of ether oxygens (including phenoxy) is 4. The second-order valence-corrected chi connectivity index (χ2v) is 4.40. The van der Waals surface area contributed by atoms with Gasteiger partial charge in [-0.15, -0.1) is 0 Å². The van der Waals surface area contributed by atoms with Gasteiger partial charge in [0.2, 0.25) is 5.91 Å². The van der Waals surface area contributed by atoms with E-state index >= 15 is 0 Å². The van der Waals surface area contributed by atoms with Crippen molar-refractivity contribution in [3.63, 3.8) is 0 Å². The van der Waals surface area contributed by atoms with E-state index in [4.69, 9.17) is 18.9 Å². The molecular weight excluding hydrogens is 254 g/mol. The van der Waals surface area contributed by atoms with Gasteiger partial charge in [0.05, 0.1) is 38.4 Å². The molecule has 7 nitrogen and oxygen atoms in total. The lowest BCUT2D eigenvalue weighted by Crippen LogP contribution is -2.50. The Morgan fingerprint density at radius 2 is 2.00 bits per heavy atom. The van der Waals surface area contributed by atoms with Crippen molar-refractivity contribution in [3.8, 4) is 0 Å². The molecule has 1 spiro atoms. The van der Waals surface area contributed by atoms with Gasteiger partial charge in [-0.1, -0.05) is 0 Å². The summed E-state index contributed by atoms with van der Waals surface area (Å²) in [5.74, 6) is -1.67. The van der Waals surface area contributed by atoms with Crippen LogP contribution in [0.5, 0.6) is 0 Å². The first-order chi connectivity index (χ1) is 8.97. The van der Waals surface area contributed by atoms with Gasteiger partial charge in [-0.2, -0.15) is 0 Å². The molecule has 2 rings (SSSR count). The molecule has 0 aromatic heterocycles. The van der Waals surface area contributed by atoms with Gasteiger partial charge in [0.25, 0.3) is 0 Å². The standard InChI is InChI=1S/C12H17NO6/c1-7-10(11(15)16-3)9(13-8(2)14)6-12(19-7)17-4-5-18-12/h9H,4-6H2,1-3H3,(H,13,14). The molecule has 0 radical (unpaired) electrons. The Kier molecular flexibility index (Phi) is 3.77. The van der Waals surface area contributed by atoms with Crippen molar-refractivity contribution in [2.45, 2.75) is 32.3 Å². The summed E-state index contributed by atoms with van der Waals surface area (Å²) in [6.45, 7) is 3.82. The van der Waals surface area contributed by atoms with Gasteiger partial charge in [0, 0.05) is 6.92 Å². The van der Waals surface area contributed by atoms with E-state index in [1.807, 2.05) is 0 Å². The van der Waals surface area contributed by atoms with Crippen LogP contribution >= 0.6 is 0 Å². The van der Waals surface area contributed by atoms with Crippen LogP contribution in [0.25, 0.3) is 0 Å². The summed E-state index contributed by atoms with van der Waals surface area (Å²) in [5.41, 5.74) is 0.280. The number of amides is 1. The third kappa shape index (κ3) is 2.71. The molecule has 2 aliphatic heterocycles. The molecule has 7 heteroatoms. The van der Waals surface area contributed by atoms with Crippen molar-refractivity contribution in [1.29, 1.82) is 0 Å². The Morgan fingerprint density at radius 3 is 2.53 bits per heavy atom. The summed E-state index contributed by atoms with van der Waals surface area (Å²) >= 11 is 0. The first-order valence-electron chi connectivity index (χ1n) is 6.00. The lowest BCUT2D eigenvalue weighted by Gasteiger charge is -2.37. The van der Waals surface area contributed by atoms with Crippen LogP contribution in [0.4, 0.5) is 0 Å². The number of methoxy groups -OCH3 is 1. The van der Waals surface area contributed by atoms with Crippen LogP contribution in [0.2, 0.25) is 0 Å². The normalized spacial score (nSPS) is 25.1.